The van der Waals surface area contributed by atoms with Crippen LogP contribution in [0.4, 0.5) is 0 Å². The Kier molecular flexibility index (Phi) is 5.70. The van der Waals surface area contributed by atoms with Crippen molar-refractivity contribution in [2.24, 2.45) is 0 Å². The summed E-state index contributed by atoms with van der Waals surface area (Å²) in [5.74, 6) is 0.804. The van der Waals surface area contributed by atoms with Crippen LogP contribution < -0.4 is 14.8 Å². The Morgan fingerprint density at radius 1 is 1.10 bits per heavy atom. The Labute approximate surface area is 125 Å². The van der Waals surface area contributed by atoms with Gasteiger partial charge in [-0.05, 0) is 30.5 Å². The van der Waals surface area contributed by atoms with E-state index < -0.39 is 0 Å². The van der Waals surface area contributed by atoms with Gasteiger partial charge in [0.1, 0.15) is 0 Å². The maximum absolute atomic E-state index is 10.1. The molecule has 0 bridgehead atoms. The molecule has 0 saturated heterocycles. The van der Waals surface area contributed by atoms with Crippen molar-refractivity contribution >= 4 is 0 Å². The molecule has 1 fully saturated rings. The molecule has 3 N–H and O–H groups in total. The molecule has 2 atom stereocenters. The van der Waals surface area contributed by atoms with Crippen molar-refractivity contribution in [1.29, 1.82) is 0 Å². The third-order valence-corrected chi connectivity index (χ3v) is 4.09. The van der Waals surface area contributed by atoms with Gasteiger partial charge in [-0.25, -0.2) is 0 Å². The van der Waals surface area contributed by atoms with E-state index >= 15 is 0 Å². The number of aliphatic hydroxyl groups excluding tert-OH is 1. The van der Waals surface area contributed by atoms with Crippen molar-refractivity contribution in [3.8, 4) is 17.2 Å². The summed E-state index contributed by atoms with van der Waals surface area (Å²) in [5, 5.41) is 23.4. The number of hydrogen-bond acceptors (Lipinski definition) is 5. The van der Waals surface area contributed by atoms with Crippen LogP contribution in [0.5, 0.6) is 17.2 Å². The highest BCUT2D eigenvalue weighted by atomic mass is 16.5. The standard InChI is InChI=1S/C16H25NO4/c1-20-14-8-11(9-15(21-2)16(14)19)10-17-12-6-4-3-5-7-13(12)18/h8-9,12-13,17-19H,3-7,10H2,1-2H3. The molecule has 2 rings (SSSR count). The minimum absolute atomic E-state index is 0.0123. The second-order valence-electron chi connectivity index (χ2n) is 5.54. The van der Waals surface area contributed by atoms with Crippen LogP contribution in [0.1, 0.15) is 37.7 Å². The Bertz CT molecular complexity index is 439. The van der Waals surface area contributed by atoms with Crippen molar-refractivity contribution in [2.45, 2.75) is 50.8 Å². The van der Waals surface area contributed by atoms with Gasteiger partial charge in [0, 0.05) is 12.6 Å². The van der Waals surface area contributed by atoms with Crippen LogP contribution in [0.2, 0.25) is 0 Å². The van der Waals surface area contributed by atoms with Gasteiger partial charge in [0.05, 0.1) is 20.3 Å². The highest BCUT2D eigenvalue weighted by Gasteiger charge is 2.21. The first-order chi connectivity index (χ1) is 10.2. The van der Waals surface area contributed by atoms with Gasteiger partial charge in [0.2, 0.25) is 5.75 Å². The van der Waals surface area contributed by atoms with E-state index in [1.807, 2.05) is 0 Å². The first kappa shape index (κ1) is 15.9. The molecule has 0 spiro atoms. The lowest BCUT2D eigenvalue weighted by molar-refractivity contribution is 0.119. The molecule has 118 valence electrons. The van der Waals surface area contributed by atoms with Crippen molar-refractivity contribution in [3.05, 3.63) is 17.7 Å². The lowest BCUT2D eigenvalue weighted by Crippen LogP contribution is -2.38. The van der Waals surface area contributed by atoms with Crippen LogP contribution in [-0.2, 0) is 6.54 Å². The van der Waals surface area contributed by atoms with E-state index in [1.54, 1.807) is 12.1 Å². The number of rotatable bonds is 5. The van der Waals surface area contributed by atoms with Gasteiger partial charge in [-0.3, -0.25) is 0 Å². The second-order valence-corrected chi connectivity index (χ2v) is 5.54. The fourth-order valence-electron chi connectivity index (χ4n) is 2.82. The van der Waals surface area contributed by atoms with Gasteiger partial charge < -0.3 is 25.0 Å². The number of nitrogens with one attached hydrogen (secondary N) is 1. The predicted octanol–water partition coefficient (Wildman–Crippen LogP) is 2.19. The summed E-state index contributed by atoms with van der Waals surface area (Å²) >= 11 is 0. The smallest absolute Gasteiger partial charge is 0.200 e. The molecule has 0 amide bonds. The Balaban J connectivity index is 2.05. The Hall–Kier alpha value is -1.46. The maximum Gasteiger partial charge on any atom is 0.200 e. The zero-order valence-corrected chi connectivity index (χ0v) is 12.8. The van der Waals surface area contributed by atoms with Gasteiger partial charge in [0.25, 0.3) is 0 Å². The average molecular weight is 295 g/mol. The van der Waals surface area contributed by atoms with Gasteiger partial charge in [-0.15, -0.1) is 0 Å². The van der Waals surface area contributed by atoms with Crippen molar-refractivity contribution in [3.63, 3.8) is 0 Å². The molecule has 0 radical (unpaired) electrons. The number of aliphatic hydroxyl groups is 1. The topological polar surface area (TPSA) is 71.0 Å². The van der Waals surface area contributed by atoms with E-state index in [-0.39, 0.29) is 17.9 Å². The third-order valence-electron chi connectivity index (χ3n) is 4.09. The molecule has 1 aliphatic rings. The second kappa shape index (κ2) is 7.52. The van der Waals surface area contributed by atoms with Crippen molar-refractivity contribution in [1.82, 2.24) is 5.32 Å². The summed E-state index contributed by atoms with van der Waals surface area (Å²) < 4.78 is 10.3. The van der Waals surface area contributed by atoms with E-state index in [9.17, 15) is 10.2 Å². The van der Waals surface area contributed by atoms with E-state index in [0.717, 1.165) is 31.2 Å². The van der Waals surface area contributed by atoms with E-state index in [1.165, 1.54) is 20.6 Å². The molecule has 5 nitrogen and oxygen atoms in total. The van der Waals surface area contributed by atoms with Crippen molar-refractivity contribution in [2.75, 3.05) is 14.2 Å². The number of phenols is 1. The normalized spacial score (nSPS) is 22.6. The van der Waals surface area contributed by atoms with Crippen molar-refractivity contribution < 1.29 is 19.7 Å². The lowest BCUT2D eigenvalue weighted by Gasteiger charge is -2.22. The van der Waals surface area contributed by atoms with Gasteiger partial charge in [-0.1, -0.05) is 19.3 Å². The maximum atomic E-state index is 10.1. The monoisotopic (exact) mass is 295 g/mol. The highest BCUT2D eigenvalue weighted by molar-refractivity contribution is 5.52. The first-order valence-corrected chi connectivity index (χ1v) is 7.51. The predicted molar refractivity (Wildman–Crippen MR) is 80.9 cm³/mol. The molecule has 5 heteroatoms. The Morgan fingerprint density at radius 3 is 2.33 bits per heavy atom. The molecule has 1 saturated carbocycles. The minimum atomic E-state index is -0.284. The van der Waals surface area contributed by atoms with Crippen LogP contribution >= 0.6 is 0 Å². The summed E-state index contributed by atoms with van der Waals surface area (Å²) in [4.78, 5) is 0. The fraction of sp³-hybridized carbons (Fsp3) is 0.625. The zero-order chi connectivity index (χ0) is 15.2. The molecule has 0 aromatic heterocycles. The molecule has 21 heavy (non-hydrogen) atoms. The van der Waals surface area contributed by atoms with E-state index in [0.29, 0.717) is 18.0 Å². The number of methoxy groups -OCH3 is 2. The Morgan fingerprint density at radius 2 is 1.71 bits per heavy atom. The van der Waals surface area contributed by atoms with Crippen LogP contribution in [0.25, 0.3) is 0 Å². The van der Waals surface area contributed by atoms with Crippen LogP contribution in [0.15, 0.2) is 12.1 Å². The molecule has 1 aliphatic carbocycles. The molecule has 1 aromatic rings. The van der Waals surface area contributed by atoms with Gasteiger partial charge in [0.15, 0.2) is 11.5 Å². The van der Waals surface area contributed by atoms with Gasteiger partial charge >= 0.3 is 0 Å². The summed E-state index contributed by atoms with van der Waals surface area (Å²) in [7, 11) is 3.03. The van der Waals surface area contributed by atoms with Gasteiger partial charge in [-0.2, -0.15) is 0 Å². The average Bonchev–Trinajstić information content (AvgIpc) is 2.70. The zero-order valence-electron chi connectivity index (χ0n) is 12.8. The number of phenolic OH excluding ortho intramolecular Hbond substituents is 1. The summed E-state index contributed by atoms with van der Waals surface area (Å²) in [5.41, 5.74) is 0.956. The first-order valence-electron chi connectivity index (χ1n) is 7.51. The van der Waals surface area contributed by atoms with Crippen LogP contribution in [0.3, 0.4) is 0 Å². The van der Waals surface area contributed by atoms with E-state index in [4.69, 9.17) is 9.47 Å². The highest BCUT2D eigenvalue weighted by Crippen LogP contribution is 2.37. The number of hydrogen-bond donors (Lipinski definition) is 3. The third kappa shape index (κ3) is 4.02. The summed E-state index contributed by atoms with van der Waals surface area (Å²) in [6.45, 7) is 0.606. The molecule has 1 aromatic carbocycles. The number of benzene rings is 1. The largest absolute Gasteiger partial charge is 0.502 e. The molecule has 2 unspecified atom stereocenters. The molecule has 0 aliphatic heterocycles. The summed E-state index contributed by atoms with van der Waals surface area (Å²) in [6.07, 6.45) is 5.01. The van der Waals surface area contributed by atoms with Crippen LogP contribution in [-0.4, -0.2) is 36.6 Å². The number of aromatic hydroxyl groups is 1. The van der Waals surface area contributed by atoms with Crippen LogP contribution in [0, 0.1) is 0 Å². The SMILES string of the molecule is COc1cc(CNC2CCCCCC2O)cc(OC)c1O. The summed E-state index contributed by atoms with van der Waals surface area (Å²) in [6, 6.07) is 3.69. The molecular formula is C16H25NO4. The number of ether oxygens (including phenoxy) is 2. The quantitative estimate of drug-likeness (QED) is 0.726. The fourth-order valence-corrected chi connectivity index (χ4v) is 2.82. The minimum Gasteiger partial charge on any atom is -0.502 e. The van der Waals surface area contributed by atoms with E-state index in [2.05, 4.69) is 5.32 Å². The lowest BCUT2D eigenvalue weighted by atomic mass is 10.1. The molecular weight excluding hydrogens is 270 g/mol. The molecule has 0 heterocycles.